The molecule has 0 aliphatic carbocycles. The van der Waals surface area contributed by atoms with Gasteiger partial charge in [-0.2, -0.15) is 0 Å². The second kappa shape index (κ2) is 2.99. The first-order chi connectivity index (χ1) is 6.59. The van der Waals surface area contributed by atoms with Gasteiger partial charge in [0.15, 0.2) is 17.3 Å². The Hall–Kier alpha value is -1.55. The molecule has 74 valence electrons. The molecule has 0 saturated carbocycles. The van der Waals surface area contributed by atoms with Gasteiger partial charge in [-0.25, -0.2) is 0 Å². The number of phenols is 2. The Bertz CT molecular complexity index is 397. The van der Waals surface area contributed by atoms with E-state index in [9.17, 15) is 15.0 Å². The van der Waals surface area contributed by atoms with E-state index in [4.69, 9.17) is 4.74 Å². The van der Waals surface area contributed by atoms with Gasteiger partial charge in [0.05, 0.1) is 6.61 Å². The predicted octanol–water partition coefficient (Wildman–Crippen LogP) is 1.20. The van der Waals surface area contributed by atoms with Crippen molar-refractivity contribution in [1.82, 2.24) is 0 Å². The molecular weight excluding hydrogens is 184 g/mol. The number of aromatic hydroxyl groups is 2. The molecule has 1 unspecified atom stereocenters. The molecule has 0 fully saturated rings. The van der Waals surface area contributed by atoms with E-state index in [0.717, 1.165) is 0 Å². The van der Waals surface area contributed by atoms with E-state index in [1.807, 2.05) is 0 Å². The number of ketones is 1. The molecule has 4 heteroatoms. The van der Waals surface area contributed by atoms with Gasteiger partial charge >= 0.3 is 0 Å². The summed E-state index contributed by atoms with van der Waals surface area (Å²) in [6.45, 7) is 1.95. The van der Waals surface area contributed by atoms with E-state index in [1.54, 1.807) is 6.92 Å². The number of rotatable bonds is 0. The zero-order chi connectivity index (χ0) is 10.3. The van der Waals surface area contributed by atoms with Crippen molar-refractivity contribution in [2.75, 3.05) is 0 Å². The maximum absolute atomic E-state index is 11.6. The van der Waals surface area contributed by atoms with Gasteiger partial charge in [-0.15, -0.1) is 0 Å². The summed E-state index contributed by atoms with van der Waals surface area (Å²) in [5.41, 5.74) is 1.04. The number of phenolic OH excluding ortho intramolecular Hbond substituents is 2. The maximum atomic E-state index is 11.6. The van der Waals surface area contributed by atoms with Crippen molar-refractivity contribution in [1.29, 1.82) is 0 Å². The quantitative estimate of drug-likeness (QED) is 0.609. The van der Waals surface area contributed by atoms with Crippen LogP contribution in [0, 0.1) is 0 Å². The molecule has 1 heterocycles. The Balaban J connectivity index is 2.56. The van der Waals surface area contributed by atoms with E-state index in [-0.39, 0.29) is 23.9 Å². The van der Waals surface area contributed by atoms with Gasteiger partial charge in [-0.1, -0.05) is 0 Å². The van der Waals surface area contributed by atoms with Crippen LogP contribution >= 0.6 is 0 Å². The zero-order valence-corrected chi connectivity index (χ0v) is 7.65. The third kappa shape index (κ3) is 1.24. The van der Waals surface area contributed by atoms with Crippen LogP contribution < -0.4 is 0 Å². The van der Waals surface area contributed by atoms with Gasteiger partial charge in [-0.05, 0) is 24.6 Å². The molecular formula is C10H10O4. The van der Waals surface area contributed by atoms with E-state index in [0.29, 0.717) is 11.1 Å². The molecule has 2 rings (SSSR count). The minimum absolute atomic E-state index is 0.165. The van der Waals surface area contributed by atoms with E-state index < -0.39 is 6.10 Å². The Kier molecular flexibility index (Phi) is 1.93. The summed E-state index contributed by atoms with van der Waals surface area (Å²) in [4.78, 5) is 11.6. The van der Waals surface area contributed by atoms with Crippen LogP contribution in [-0.2, 0) is 11.3 Å². The SMILES string of the molecule is CC1OCc2cc(O)c(O)cc2C1=O. The first kappa shape index (κ1) is 9.02. The molecule has 1 aliphatic rings. The third-order valence-corrected chi connectivity index (χ3v) is 2.32. The van der Waals surface area contributed by atoms with Crippen LogP contribution in [-0.4, -0.2) is 22.1 Å². The summed E-state index contributed by atoms with van der Waals surface area (Å²) in [6.07, 6.45) is -0.480. The van der Waals surface area contributed by atoms with Gasteiger partial charge in [0.2, 0.25) is 0 Å². The highest BCUT2D eigenvalue weighted by Gasteiger charge is 2.25. The van der Waals surface area contributed by atoms with Crippen molar-refractivity contribution < 1.29 is 19.7 Å². The van der Waals surface area contributed by atoms with E-state index >= 15 is 0 Å². The Labute approximate surface area is 80.7 Å². The Morgan fingerprint density at radius 2 is 2.00 bits per heavy atom. The first-order valence-corrected chi connectivity index (χ1v) is 4.30. The number of fused-ring (bicyclic) bond motifs is 1. The number of hydrogen-bond donors (Lipinski definition) is 2. The normalized spacial score (nSPS) is 20.6. The fourth-order valence-corrected chi connectivity index (χ4v) is 1.48. The molecule has 1 aromatic carbocycles. The van der Waals surface area contributed by atoms with Gasteiger partial charge in [0.25, 0.3) is 0 Å². The smallest absolute Gasteiger partial charge is 0.191 e. The lowest BCUT2D eigenvalue weighted by Gasteiger charge is -2.21. The fraction of sp³-hybridized carbons (Fsp3) is 0.300. The second-order valence-electron chi connectivity index (χ2n) is 3.32. The van der Waals surface area contributed by atoms with Crippen LogP contribution in [0.5, 0.6) is 11.5 Å². The van der Waals surface area contributed by atoms with Crippen molar-refractivity contribution in [3.63, 3.8) is 0 Å². The monoisotopic (exact) mass is 194 g/mol. The molecule has 0 radical (unpaired) electrons. The topological polar surface area (TPSA) is 66.8 Å². The molecule has 4 nitrogen and oxygen atoms in total. The van der Waals surface area contributed by atoms with Gasteiger partial charge in [0.1, 0.15) is 6.10 Å². The average Bonchev–Trinajstić information content (AvgIpc) is 2.15. The summed E-state index contributed by atoms with van der Waals surface area (Å²) in [7, 11) is 0. The Morgan fingerprint density at radius 3 is 2.71 bits per heavy atom. The highest BCUT2D eigenvalue weighted by atomic mass is 16.5. The lowest BCUT2D eigenvalue weighted by molar-refractivity contribution is 0.0335. The molecule has 1 atom stereocenters. The van der Waals surface area contributed by atoms with Crippen LogP contribution in [0.3, 0.4) is 0 Å². The number of carbonyl (C=O) groups is 1. The highest BCUT2D eigenvalue weighted by Crippen LogP contribution is 2.31. The van der Waals surface area contributed by atoms with Crippen LogP contribution in [0.4, 0.5) is 0 Å². The molecule has 2 N–H and O–H groups in total. The van der Waals surface area contributed by atoms with Gasteiger partial charge < -0.3 is 14.9 Å². The summed E-state index contributed by atoms with van der Waals surface area (Å²) in [5, 5.41) is 18.4. The number of carbonyl (C=O) groups excluding carboxylic acids is 1. The summed E-state index contributed by atoms with van der Waals surface area (Å²) in [5.74, 6) is -0.664. The number of ether oxygens (including phenoxy) is 1. The molecule has 0 bridgehead atoms. The molecule has 0 amide bonds. The average molecular weight is 194 g/mol. The van der Waals surface area contributed by atoms with Crippen molar-refractivity contribution in [2.24, 2.45) is 0 Å². The standard InChI is InChI=1S/C10H10O4/c1-5-10(13)7-3-9(12)8(11)2-6(7)4-14-5/h2-3,5,11-12H,4H2,1H3. The van der Waals surface area contributed by atoms with Gasteiger partial charge in [-0.3, -0.25) is 4.79 Å². The molecule has 1 aromatic rings. The molecule has 14 heavy (non-hydrogen) atoms. The van der Waals surface area contributed by atoms with Crippen LogP contribution in [0.25, 0.3) is 0 Å². The van der Waals surface area contributed by atoms with E-state index in [2.05, 4.69) is 0 Å². The van der Waals surface area contributed by atoms with Crippen molar-refractivity contribution in [2.45, 2.75) is 19.6 Å². The fourth-order valence-electron chi connectivity index (χ4n) is 1.48. The van der Waals surface area contributed by atoms with E-state index in [1.165, 1.54) is 12.1 Å². The largest absolute Gasteiger partial charge is 0.504 e. The lowest BCUT2D eigenvalue weighted by atomic mass is 9.98. The maximum Gasteiger partial charge on any atom is 0.191 e. The Morgan fingerprint density at radius 1 is 1.36 bits per heavy atom. The van der Waals surface area contributed by atoms with Crippen LogP contribution in [0.1, 0.15) is 22.8 Å². The zero-order valence-electron chi connectivity index (χ0n) is 7.65. The summed E-state index contributed by atoms with van der Waals surface area (Å²) < 4.78 is 5.17. The molecule has 0 spiro atoms. The van der Waals surface area contributed by atoms with Crippen molar-refractivity contribution >= 4 is 5.78 Å². The first-order valence-electron chi connectivity index (χ1n) is 4.30. The van der Waals surface area contributed by atoms with Crippen LogP contribution in [0.15, 0.2) is 12.1 Å². The highest BCUT2D eigenvalue weighted by molar-refractivity contribution is 6.01. The molecule has 0 saturated heterocycles. The van der Waals surface area contributed by atoms with Crippen molar-refractivity contribution in [3.8, 4) is 11.5 Å². The minimum Gasteiger partial charge on any atom is -0.504 e. The third-order valence-electron chi connectivity index (χ3n) is 2.32. The van der Waals surface area contributed by atoms with Crippen molar-refractivity contribution in [3.05, 3.63) is 23.3 Å². The molecule has 1 aliphatic heterocycles. The number of hydrogen-bond acceptors (Lipinski definition) is 4. The summed E-state index contributed by atoms with van der Waals surface area (Å²) in [6, 6.07) is 2.64. The lowest BCUT2D eigenvalue weighted by Crippen LogP contribution is -2.27. The summed E-state index contributed by atoms with van der Waals surface area (Å²) >= 11 is 0. The minimum atomic E-state index is -0.480. The van der Waals surface area contributed by atoms with Crippen LogP contribution in [0.2, 0.25) is 0 Å². The molecule has 0 aromatic heterocycles. The van der Waals surface area contributed by atoms with Gasteiger partial charge in [0, 0.05) is 5.56 Å². The second-order valence-corrected chi connectivity index (χ2v) is 3.32. The predicted molar refractivity (Wildman–Crippen MR) is 48.4 cm³/mol. The number of benzene rings is 1. The number of Topliss-reactive ketones (excluding diaryl/α,β-unsaturated/α-hetero) is 1.